The monoisotopic (exact) mass is 298 g/mol. The first kappa shape index (κ1) is 16.7. The first-order chi connectivity index (χ1) is 9.54. The number of rotatable bonds is 8. The largest absolute Gasteiger partial charge is 0.469 e. The zero-order chi connectivity index (χ0) is 15.0. The Kier molecular flexibility index (Phi) is 7.25. The number of nitrogens with zero attached hydrogens (tertiary/aromatic N) is 1. The first-order valence-electron chi connectivity index (χ1n) is 6.61. The molecule has 0 aliphatic carbocycles. The Hall–Kier alpha value is -1.40. The number of nitrogens with one attached hydrogen (secondary N) is 1. The van der Waals surface area contributed by atoms with E-state index >= 15 is 0 Å². The predicted octanol–water partition coefficient (Wildman–Crippen LogP) is 1.81. The van der Waals surface area contributed by atoms with E-state index in [9.17, 15) is 9.59 Å². The number of amides is 1. The molecule has 1 aromatic heterocycles. The Bertz CT molecular complexity index is 420. The Morgan fingerprint density at radius 2 is 2.25 bits per heavy atom. The Balaban J connectivity index is 2.23. The second-order valence-corrected chi connectivity index (χ2v) is 5.62. The maximum Gasteiger partial charge on any atom is 0.305 e. The molecule has 1 unspecified atom stereocenters. The van der Waals surface area contributed by atoms with E-state index in [4.69, 9.17) is 0 Å². The number of esters is 1. The van der Waals surface area contributed by atoms with Crippen molar-refractivity contribution in [2.75, 3.05) is 27.2 Å². The normalized spacial score (nSPS) is 12.2. The quantitative estimate of drug-likeness (QED) is 0.587. The fraction of sp³-hybridized carbons (Fsp3) is 0.571. The van der Waals surface area contributed by atoms with Crippen molar-refractivity contribution < 1.29 is 14.3 Å². The van der Waals surface area contributed by atoms with Crippen LogP contribution in [0.1, 0.15) is 30.7 Å². The molecular weight excluding hydrogens is 276 g/mol. The van der Waals surface area contributed by atoms with Gasteiger partial charge in [0.1, 0.15) is 0 Å². The molecule has 1 atom stereocenters. The van der Waals surface area contributed by atoms with E-state index in [1.165, 1.54) is 12.0 Å². The minimum atomic E-state index is -0.248. The molecule has 20 heavy (non-hydrogen) atoms. The second-order valence-electron chi connectivity index (χ2n) is 4.64. The first-order valence-corrected chi connectivity index (χ1v) is 7.49. The molecule has 0 aliphatic heterocycles. The fourth-order valence-electron chi connectivity index (χ4n) is 1.73. The smallest absolute Gasteiger partial charge is 0.305 e. The molecular formula is C14H22N2O3S. The molecule has 6 heteroatoms. The summed E-state index contributed by atoms with van der Waals surface area (Å²) in [7, 11) is 3.29. The van der Waals surface area contributed by atoms with Crippen LogP contribution in [0.3, 0.4) is 0 Å². The highest BCUT2D eigenvalue weighted by molar-refractivity contribution is 7.10. The SMILES string of the molecule is COC(=O)CCCNC(=O)CN(C)C(C)c1cccs1. The van der Waals surface area contributed by atoms with Crippen LogP contribution in [0.15, 0.2) is 17.5 Å². The van der Waals surface area contributed by atoms with Gasteiger partial charge in [-0.05, 0) is 31.8 Å². The van der Waals surface area contributed by atoms with Gasteiger partial charge in [0, 0.05) is 23.9 Å². The third-order valence-corrected chi connectivity index (χ3v) is 4.16. The lowest BCUT2D eigenvalue weighted by atomic mass is 10.2. The lowest BCUT2D eigenvalue weighted by Crippen LogP contribution is -2.36. The van der Waals surface area contributed by atoms with Crippen molar-refractivity contribution in [1.82, 2.24) is 10.2 Å². The van der Waals surface area contributed by atoms with Crippen molar-refractivity contribution in [3.8, 4) is 0 Å². The summed E-state index contributed by atoms with van der Waals surface area (Å²) in [6, 6.07) is 4.30. The summed E-state index contributed by atoms with van der Waals surface area (Å²) in [6.07, 6.45) is 0.931. The van der Waals surface area contributed by atoms with Gasteiger partial charge >= 0.3 is 5.97 Å². The molecule has 0 aliphatic rings. The van der Waals surface area contributed by atoms with E-state index in [0.29, 0.717) is 25.9 Å². The molecule has 0 bridgehead atoms. The minimum Gasteiger partial charge on any atom is -0.469 e. The lowest BCUT2D eigenvalue weighted by Gasteiger charge is -2.23. The van der Waals surface area contributed by atoms with Gasteiger partial charge in [0.15, 0.2) is 0 Å². The molecule has 5 nitrogen and oxygen atoms in total. The van der Waals surface area contributed by atoms with Gasteiger partial charge in [-0.2, -0.15) is 0 Å². The van der Waals surface area contributed by atoms with Crippen LogP contribution in [0.2, 0.25) is 0 Å². The van der Waals surface area contributed by atoms with Crippen LogP contribution in [0.4, 0.5) is 0 Å². The number of methoxy groups -OCH3 is 1. The van der Waals surface area contributed by atoms with Crippen LogP contribution in [-0.2, 0) is 14.3 Å². The van der Waals surface area contributed by atoms with E-state index in [1.807, 2.05) is 23.4 Å². The zero-order valence-corrected chi connectivity index (χ0v) is 13.0. The molecule has 1 rings (SSSR count). The highest BCUT2D eigenvalue weighted by Gasteiger charge is 2.15. The predicted molar refractivity (Wildman–Crippen MR) is 79.6 cm³/mol. The number of thiophene rings is 1. The van der Waals surface area contributed by atoms with Crippen molar-refractivity contribution in [1.29, 1.82) is 0 Å². The van der Waals surface area contributed by atoms with Crippen LogP contribution in [-0.4, -0.2) is 44.0 Å². The van der Waals surface area contributed by atoms with Gasteiger partial charge in [-0.1, -0.05) is 6.07 Å². The number of likely N-dealkylation sites (N-methyl/N-ethyl adjacent to an activating group) is 1. The van der Waals surface area contributed by atoms with E-state index in [-0.39, 0.29) is 17.9 Å². The Labute approximate surface area is 123 Å². The standard InChI is InChI=1S/C14H22N2O3S/c1-11(12-6-5-9-20-12)16(2)10-13(17)15-8-4-7-14(18)19-3/h5-6,9,11H,4,7-8,10H2,1-3H3,(H,15,17). The van der Waals surface area contributed by atoms with Gasteiger partial charge in [0.2, 0.25) is 5.91 Å². The molecule has 1 aromatic rings. The van der Waals surface area contributed by atoms with Gasteiger partial charge < -0.3 is 10.1 Å². The van der Waals surface area contributed by atoms with Crippen LogP contribution >= 0.6 is 11.3 Å². The maximum absolute atomic E-state index is 11.8. The number of ether oxygens (including phenoxy) is 1. The minimum absolute atomic E-state index is 0.0271. The summed E-state index contributed by atoms with van der Waals surface area (Å²) < 4.78 is 4.54. The van der Waals surface area contributed by atoms with Crippen LogP contribution in [0.25, 0.3) is 0 Å². The molecule has 0 radical (unpaired) electrons. The molecule has 1 amide bonds. The third-order valence-electron chi connectivity index (χ3n) is 3.12. The molecule has 0 saturated carbocycles. The molecule has 0 spiro atoms. The summed E-state index contributed by atoms with van der Waals surface area (Å²) in [6.45, 7) is 2.92. The van der Waals surface area contributed by atoms with E-state index in [2.05, 4.69) is 23.0 Å². The van der Waals surface area contributed by atoms with Crippen LogP contribution in [0, 0.1) is 0 Å². The molecule has 1 heterocycles. The zero-order valence-electron chi connectivity index (χ0n) is 12.2. The average molecular weight is 298 g/mol. The maximum atomic E-state index is 11.8. The van der Waals surface area contributed by atoms with Gasteiger partial charge in [-0.25, -0.2) is 0 Å². The summed E-state index contributed by atoms with van der Waals surface area (Å²) >= 11 is 1.69. The highest BCUT2D eigenvalue weighted by Crippen LogP contribution is 2.22. The Morgan fingerprint density at radius 3 is 2.85 bits per heavy atom. The molecule has 0 aromatic carbocycles. The van der Waals surface area contributed by atoms with Crippen LogP contribution < -0.4 is 5.32 Å². The summed E-state index contributed by atoms with van der Waals surface area (Å²) in [4.78, 5) is 25.9. The van der Waals surface area contributed by atoms with E-state index in [1.54, 1.807) is 11.3 Å². The molecule has 0 fully saturated rings. The summed E-state index contributed by atoms with van der Waals surface area (Å²) in [5.41, 5.74) is 0. The number of hydrogen-bond acceptors (Lipinski definition) is 5. The highest BCUT2D eigenvalue weighted by atomic mass is 32.1. The van der Waals surface area contributed by atoms with Crippen molar-refractivity contribution in [3.05, 3.63) is 22.4 Å². The number of carbonyl (C=O) groups excluding carboxylic acids is 2. The lowest BCUT2D eigenvalue weighted by molar-refractivity contribution is -0.140. The average Bonchev–Trinajstić information content (AvgIpc) is 2.96. The van der Waals surface area contributed by atoms with Crippen molar-refractivity contribution in [3.63, 3.8) is 0 Å². The van der Waals surface area contributed by atoms with E-state index in [0.717, 1.165) is 0 Å². The van der Waals surface area contributed by atoms with Crippen molar-refractivity contribution in [2.24, 2.45) is 0 Å². The molecule has 112 valence electrons. The van der Waals surface area contributed by atoms with Gasteiger partial charge in [0.05, 0.1) is 13.7 Å². The van der Waals surface area contributed by atoms with Crippen LogP contribution in [0.5, 0.6) is 0 Å². The van der Waals surface area contributed by atoms with Gasteiger partial charge in [-0.3, -0.25) is 14.5 Å². The van der Waals surface area contributed by atoms with Crippen molar-refractivity contribution in [2.45, 2.75) is 25.8 Å². The van der Waals surface area contributed by atoms with E-state index < -0.39 is 0 Å². The van der Waals surface area contributed by atoms with Gasteiger partial charge in [0.25, 0.3) is 0 Å². The summed E-state index contributed by atoms with van der Waals surface area (Å²) in [5.74, 6) is -0.275. The topological polar surface area (TPSA) is 58.6 Å². The Morgan fingerprint density at radius 1 is 1.50 bits per heavy atom. The fourth-order valence-corrected chi connectivity index (χ4v) is 2.58. The molecule has 1 N–H and O–H groups in total. The van der Waals surface area contributed by atoms with Gasteiger partial charge in [-0.15, -0.1) is 11.3 Å². The second kappa shape index (κ2) is 8.71. The number of hydrogen-bond donors (Lipinski definition) is 1. The number of carbonyl (C=O) groups is 2. The third kappa shape index (κ3) is 5.71. The molecule has 0 saturated heterocycles. The summed E-state index contributed by atoms with van der Waals surface area (Å²) in [5, 5.41) is 4.84. The van der Waals surface area contributed by atoms with Crippen molar-refractivity contribution >= 4 is 23.2 Å².